The van der Waals surface area contributed by atoms with Crippen LogP contribution in [0.2, 0.25) is 0 Å². The lowest BCUT2D eigenvalue weighted by atomic mass is 9.91. The second kappa shape index (κ2) is 9.47. The first-order valence-electron chi connectivity index (χ1n) is 7.63. The zero-order valence-electron chi connectivity index (χ0n) is 15.8. The van der Waals surface area contributed by atoms with E-state index in [-0.39, 0.29) is 5.91 Å². The van der Waals surface area contributed by atoms with Crippen molar-refractivity contribution in [2.45, 2.75) is 55.6 Å². The van der Waals surface area contributed by atoms with Gasteiger partial charge in [0, 0.05) is 12.1 Å². The molecule has 4 nitrogen and oxygen atoms in total. The van der Waals surface area contributed by atoms with Crippen LogP contribution in [0, 0.1) is 0 Å². The predicted molar refractivity (Wildman–Crippen MR) is 76.9 cm³/mol. The van der Waals surface area contributed by atoms with Gasteiger partial charge in [-0.15, -0.1) is 0 Å². The molecule has 0 atom stereocenters. The van der Waals surface area contributed by atoms with Gasteiger partial charge in [-0.1, -0.05) is 6.58 Å². The van der Waals surface area contributed by atoms with Gasteiger partial charge in [0.2, 0.25) is 5.91 Å². The normalized spacial score (nSPS) is 14.2. The number of carbonyl (C=O) groups excluding carboxylic acids is 1. The van der Waals surface area contributed by atoms with Crippen LogP contribution >= 0.6 is 0 Å². The molecule has 0 radical (unpaired) electrons. The Morgan fingerprint density at radius 1 is 0.697 bits per heavy atom. The number of aliphatic carboxylic acids is 1. The molecule has 0 aliphatic heterocycles. The summed E-state index contributed by atoms with van der Waals surface area (Å²) >= 11 is 0. The van der Waals surface area contributed by atoms with Gasteiger partial charge in [-0.3, -0.25) is 4.79 Å². The van der Waals surface area contributed by atoms with Crippen LogP contribution in [0.1, 0.15) is 13.8 Å². The highest BCUT2D eigenvalue weighted by Crippen LogP contribution is 2.62. The van der Waals surface area contributed by atoms with E-state index in [1.807, 2.05) is 6.92 Å². The largest absolute Gasteiger partial charge is 0.477 e. The van der Waals surface area contributed by atoms with Crippen LogP contribution in [0.3, 0.4) is 0 Å². The summed E-state index contributed by atoms with van der Waals surface area (Å²) in [4.78, 5) is 20.3. The molecule has 0 rings (SSSR count). The Morgan fingerprint density at radius 2 is 1.00 bits per heavy atom. The van der Waals surface area contributed by atoms with Crippen LogP contribution in [-0.2, 0) is 9.59 Å². The lowest BCUT2D eigenvalue weighted by Crippen LogP contribution is -2.73. The summed E-state index contributed by atoms with van der Waals surface area (Å²) in [5.74, 6) is -52.9. The summed E-state index contributed by atoms with van der Waals surface area (Å²) in [5.41, 5.74) is 0.562. The Kier molecular flexibility index (Phi) is 9.42. The molecule has 0 saturated heterocycles. The fourth-order valence-electron chi connectivity index (χ4n) is 1.41. The summed E-state index contributed by atoms with van der Waals surface area (Å²) < 4.78 is 187. The van der Waals surface area contributed by atoms with Crippen molar-refractivity contribution in [3.63, 3.8) is 0 Å². The summed E-state index contributed by atoms with van der Waals surface area (Å²) in [7, 11) is 0. The van der Waals surface area contributed by atoms with Gasteiger partial charge in [-0.2, -0.15) is 65.9 Å². The average Bonchev–Trinajstić information content (AvgIpc) is 2.60. The van der Waals surface area contributed by atoms with Crippen molar-refractivity contribution in [2.24, 2.45) is 0 Å². The monoisotopic (exact) mass is 527 g/mol. The fraction of sp³-hybridized carbons (Fsp3) is 0.714. The molecule has 0 aromatic heterocycles. The molecule has 0 bridgehead atoms. The SMILES string of the molecule is C=C(C)C(=O)NCC.O=C(O)C(F)(F)C(F)(F)C(F)(F)C(F)(F)C(F)(F)C(F)(F)C(F)(F)F. The third-order valence-corrected chi connectivity index (χ3v) is 3.32. The van der Waals surface area contributed by atoms with E-state index in [2.05, 4.69) is 11.9 Å². The van der Waals surface area contributed by atoms with Crippen LogP contribution < -0.4 is 5.32 Å². The van der Waals surface area contributed by atoms with Gasteiger partial charge in [0.25, 0.3) is 0 Å². The number of carbonyl (C=O) groups is 2. The molecular weight excluding hydrogens is 515 g/mol. The molecule has 0 aliphatic carbocycles. The highest BCUT2D eigenvalue weighted by atomic mass is 19.4. The molecule has 0 unspecified atom stereocenters. The molecule has 0 fully saturated rings. The van der Waals surface area contributed by atoms with E-state index in [1.165, 1.54) is 0 Å². The minimum Gasteiger partial charge on any atom is -0.477 e. The molecule has 1 amide bonds. The number of rotatable bonds is 8. The lowest BCUT2D eigenvalue weighted by molar-refractivity contribution is -0.450. The van der Waals surface area contributed by atoms with Crippen molar-refractivity contribution in [3.8, 4) is 0 Å². The Bertz CT molecular complexity index is 743. The predicted octanol–water partition coefficient (Wildman–Crippen LogP) is 5.14. The number of hydrogen-bond donors (Lipinski definition) is 2. The first kappa shape index (κ1) is 32.8. The maximum Gasteiger partial charge on any atom is 0.460 e. The van der Waals surface area contributed by atoms with Gasteiger partial charge in [0.15, 0.2) is 0 Å². The van der Waals surface area contributed by atoms with E-state index in [9.17, 15) is 75.4 Å². The summed E-state index contributed by atoms with van der Waals surface area (Å²) in [6.45, 7) is 7.70. The average molecular weight is 527 g/mol. The van der Waals surface area contributed by atoms with Crippen molar-refractivity contribution in [1.29, 1.82) is 0 Å². The van der Waals surface area contributed by atoms with Gasteiger partial charge in [-0.25, -0.2) is 4.79 Å². The third kappa shape index (κ3) is 5.42. The second-order valence-electron chi connectivity index (χ2n) is 5.89. The standard InChI is InChI=1S/C8HF15O2.C6H11NO/c9-2(10,1(24)25)3(11,12)4(13,14)5(15,16)6(17,18)7(19,20)8(21,22)23;1-4-7-6(8)5(2)3/h(H,24,25);2,4H2,1,3H3,(H,7,8). The van der Waals surface area contributed by atoms with E-state index in [4.69, 9.17) is 5.11 Å². The van der Waals surface area contributed by atoms with Gasteiger partial charge >= 0.3 is 47.7 Å². The smallest absolute Gasteiger partial charge is 0.460 e. The topological polar surface area (TPSA) is 66.4 Å². The number of halogens is 15. The molecule has 0 aliphatic rings. The van der Waals surface area contributed by atoms with E-state index < -0.39 is 47.7 Å². The molecule has 33 heavy (non-hydrogen) atoms. The minimum absolute atomic E-state index is 0.0625. The first-order valence-corrected chi connectivity index (χ1v) is 7.63. The van der Waals surface area contributed by atoms with Gasteiger partial charge in [0.05, 0.1) is 0 Å². The van der Waals surface area contributed by atoms with E-state index in [0.717, 1.165) is 0 Å². The molecule has 0 saturated carbocycles. The maximum absolute atomic E-state index is 12.8. The number of nitrogens with one attached hydrogen (secondary N) is 1. The molecule has 0 heterocycles. The van der Waals surface area contributed by atoms with Crippen molar-refractivity contribution in [1.82, 2.24) is 5.32 Å². The number of hydrogen-bond acceptors (Lipinski definition) is 2. The Hall–Kier alpha value is -2.37. The van der Waals surface area contributed by atoms with Crippen LogP contribution in [-0.4, -0.2) is 65.2 Å². The van der Waals surface area contributed by atoms with E-state index >= 15 is 0 Å². The fourth-order valence-corrected chi connectivity index (χ4v) is 1.41. The van der Waals surface area contributed by atoms with Gasteiger partial charge < -0.3 is 10.4 Å². The van der Waals surface area contributed by atoms with Crippen LogP contribution in [0.25, 0.3) is 0 Å². The third-order valence-electron chi connectivity index (χ3n) is 3.32. The molecule has 196 valence electrons. The Morgan fingerprint density at radius 3 is 1.21 bits per heavy atom. The number of carboxylic acids is 1. The maximum atomic E-state index is 12.8. The summed E-state index contributed by atoms with van der Waals surface area (Å²) in [6.07, 6.45) is -7.69. The Balaban J connectivity index is 0. The van der Waals surface area contributed by atoms with Crippen LogP contribution in [0.5, 0.6) is 0 Å². The second-order valence-corrected chi connectivity index (χ2v) is 5.89. The van der Waals surface area contributed by atoms with Gasteiger partial charge in [-0.05, 0) is 13.8 Å². The summed E-state index contributed by atoms with van der Waals surface area (Å²) in [5, 5.41) is 10.2. The van der Waals surface area contributed by atoms with Crippen molar-refractivity contribution < 1.29 is 80.6 Å². The number of carboxylic acid groups (broad SMARTS) is 1. The van der Waals surface area contributed by atoms with E-state index in [1.54, 1.807) is 6.92 Å². The summed E-state index contributed by atoms with van der Waals surface area (Å²) in [6, 6.07) is 0. The van der Waals surface area contributed by atoms with Crippen LogP contribution in [0.15, 0.2) is 12.2 Å². The zero-order chi connectivity index (χ0) is 27.6. The molecule has 0 spiro atoms. The van der Waals surface area contributed by atoms with Crippen molar-refractivity contribution in [2.75, 3.05) is 6.54 Å². The number of amides is 1. The minimum atomic E-state index is -8.47. The molecule has 2 N–H and O–H groups in total. The van der Waals surface area contributed by atoms with Crippen molar-refractivity contribution in [3.05, 3.63) is 12.2 Å². The number of likely N-dealkylation sites (N-methyl/N-ethyl adjacent to an activating group) is 1. The van der Waals surface area contributed by atoms with Crippen LogP contribution in [0.4, 0.5) is 65.9 Å². The molecule has 0 aromatic rings. The molecule has 0 aromatic carbocycles. The first-order chi connectivity index (χ1) is 14.1. The Labute approximate surface area is 173 Å². The highest BCUT2D eigenvalue weighted by molar-refractivity contribution is 5.91. The zero-order valence-corrected chi connectivity index (χ0v) is 15.8. The number of alkyl halides is 15. The van der Waals surface area contributed by atoms with E-state index in [0.29, 0.717) is 12.1 Å². The highest BCUT2D eigenvalue weighted by Gasteiger charge is 2.94. The quantitative estimate of drug-likeness (QED) is 0.340. The lowest BCUT2D eigenvalue weighted by Gasteiger charge is -2.40. The van der Waals surface area contributed by atoms with Gasteiger partial charge in [0.1, 0.15) is 0 Å². The molecule has 19 heteroatoms. The van der Waals surface area contributed by atoms with Crippen molar-refractivity contribution >= 4 is 11.9 Å². The molecular formula is C14H12F15NO3.